The van der Waals surface area contributed by atoms with Crippen LogP contribution in [0.15, 0.2) is 12.3 Å². The van der Waals surface area contributed by atoms with Crippen molar-refractivity contribution in [3.05, 3.63) is 22.7 Å². The zero-order chi connectivity index (χ0) is 29.3. The normalized spacial score (nSPS) is 24.1. The number of hydrogen-bond donors (Lipinski definition) is 0. The van der Waals surface area contributed by atoms with Gasteiger partial charge in [-0.1, -0.05) is 0 Å². The summed E-state index contributed by atoms with van der Waals surface area (Å²) in [6.45, 7) is 10.1. The maximum absolute atomic E-state index is 12.2. The number of hydrogen-bond acceptors (Lipinski definition) is 10. The summed E-state index contributed by atoms with van der Waals surface area (Å²) in [6.07, 6.45) is 12.1. The van der Waals surface area contributed by atoms with E-state index in [2.05, 4.69) is 14.9 Å². The van der Waals surface area contributed by atoms with E-state index < -0.39 is 0 Å². The molecule has 10 nitrogen and oxygen atoms in total. The molecule has 0 amide bonds. The fourth-order valence-electron chi connectivity index (χ4n) is 7.41. The summed E-state index contributed by atoms with van der Waals surface area (Å²) in [5, 5.41) is 5.71. The van der Waals surface area contributed by atoms with Crippen molar-refractivity contribution in [3.63, 3.8) is 0 Å². The van der Waals surface area contributed by atoms with E-state index in [-0.39, 0.29) is 24.7 Å². The predicted molar refractivity (Wildman–Crippen MR) is 166 cm³/mol. The average Bonchev–Trinajstić information content (AvgIpc) is 3.74. The largest absolute Gasteiger partial charge is 0.474 e. The lowest BCUT2D eigenvalue weighted by molar-refractivity contribution is -0.148. The van der Waals surface area contributed by atoms with Gasteiger partial charge in [0.05, 0.1) is 24.7 Å². The highest BCUT2D eigenvalue weighted by atomic mass is 32.1. The van der Waals surface area contributed by atoms with Crippen LogP contribution in [0.2, 0.25) is 0 Å². The fourth-order valence-corrected chi connectivity index (χ4v) is 8.66. The summed E-state index contributed by atoms with van der Waals surface area (Å²) in [5.74, 6) is 0.954. The van der Waals surface area contributed by atoms with Gasteiger partial charge in [0.25, 0.3) is 0 Å². The van der Waals surface area contributed by atoms with Crippen molar-refractivity contribution in [2.75, 3.05) is 39.4 Å². The Morgan fingerprint density at radius 1 is 1.00 bits per heavy atom. The van der Waals surface area contributed by atoms with Gasteiger partial charge in [0.1, 0.15) is 23.2 Å². The van der Waals surface area contributed by atoms with Crippen LogP contribution in [0.3, 0.4) is 0 Å². The average molecular weight is 609 g/mol. The number of nitrogens with zero attached hydrogens (tertiary/aromatic N) is 6. The molecule has 232 valence electrons. The van der Waals surface area contributed by atoms with Crippen LogP contribution in [0, 0.1) is 0 Å². The molecule has 1 saturated carbocycles. The Bertz CT molecular complexity index is 1420. The van der Waals surface area contributed by atoms with E-state index in [0.29, 0.717) is 23.4 Å². The quantitative estimate of drug-likeness (QED) is 0.343. The monoisotopic (exact) mass is 608 g/mol. The molecule has 3 aromatic heterocycles. The van der Waals surface area contributed by atoms with Crippen LogP contribution in [-0.4, -0.2) is 99.2 Å². The van der Waals surface area contributed by atoms with E-state index in [9.17, 15) is 4.79 Å². The molecule has 0 atom stereocenters. The number of thiophene rings is 1. The molecule has 0 spiro atoms. The number of fused-ring (bicyclic) bond motifs is 3. The molecular weight excluding hydrogens is 564 g/mol. The number of aryl methyl sites for hydroxylation is 2. The summed E-state index contributed by atoms with van der Waals surface area (Å²) in [5.41, 5.74) is 2.02. The summed E-state index contributed by atoms with van der Waals surface area (Å²) < 4.78 is 19.2. The van der Waals surface area contributed by atoms with Gasteiger partial charge in [-0.05, 0) is 96.4 Å². The highest BCUT2D eigenvalue weighted by molar-refractivity contribution is 7.19. The van der Waals surface area contributed by atoms with Crippen molar-refractivity contribution in [2.45, 2.75) is 102 Å². The van der Waals surface area contributed by atoms with Crippen LogP contribution in [0.5, 0.6) is 5.88 Å². The lowest BCUT2D eigenvalue weighted by Crippen LogP contribution is -2.51. The van der Waals surface area contributed by atoms with Crippen molar-refractivity contribution in [1.82, 2.24) is 29.5 Å². The van der Waals surface area contributed by atoms with Gasteiger partial charge >= 0.3 is 5.97 Å². The Kier molecular flexibility index (Phi) is 8.66. The molecule has 2 aliphatic heterocycles. The Balaban J connectivity index is 1.02. The van der Waals surface area contributed by atoms with E-state index >= 15 is 0 Å². The predicted octanol–water partition coefficient (Wildman–Crippen LogP) is 4.48. The van der Waals surface area contributed by atoms with Crippen LogP contribution in [-0.2, 0) is 33.7 Å². The molecule has 11 heteroatoms. The first-order chi connectivity index (χ1) is 21.0. The topological polar surface area (TPSA) is 94.8 Å². The molecule has 43 heavy (non-hydrogen) atoms. The van der Waals surface area contributed by atoms with Crippen LogP contribution in [0.1, 0.15) is 69.2 Å². The van der Waals surface area contributed by atoms with E-state index in [4.69, 9.17) is 24.2 Å². The van der Waals surface area contributed by atoms with Crippen LogP contribution >= 0.6 is 11.3 Å². The summed E-state index contributed by atoms with van der Waals surface area (Å²) in [4.78, 5) is 29.9. The van der Waals surface area contributed by atoms with Gasteiger partial charge in [-0.3, -0.25) is 14.4 Å². The number of piperidine rings is 1. The minimum Gasteiger partial charge on any atom is -0.474 e. The van der Waals surface area contributed by atoms with Crippen molar-refractivity contribution < 1.29 is 19.0 Å². The molecular formula is C32H44N6O4S. The van der Waals surface area contributed by atoms with Crippen molar-refractivity contribution in [2.24, 2.45) is 0 Å². The Hall–Kier alpha value is -2.60. The summed E-state index contributed by atoms with van der Waals surface area (Å²) in [6, 6.07) is 3.24. The van der Waals surface area contributed by atoms with Crippen molar-refractivity contribution in [3.8, 4) is 17.4 Å². The van der Waals surface area contributed by atoms with Gasteiger partial charge in [-0.25, -0.2) is 4.98 Å². The van der Waals surface area contributed by atoms with Gasteiger partial charge in [-0.15, -0.1) is 11.3 Å². The molecule has 0 N–H and O–H groups in total. The van der Waals surface area contributed by atoms with Crippen molar-refractivity contribution in [1.29, 1.82) is 0 Å². The van der Waals surface area contributed by atoms with Gasteiger partial charge in [-0.2, -0.15) is 10.1 Å². The fraction of sp³-hybridized carbons (Fsp3) is 0.688. The smallest absolute Gasteiger partial charge is 0.328 e. The van der Waals surface area contributed by atoms with Crippen LogP contribution in [0.25, 0.3) is 21.7 Å². The minimum absolute atomic E-state index is 0.0607. The SMILES string of the molecule is CC(C)OC(=O)Cn1ccc(-c2nc(OC3CCC(N4CCC(N5CCOCC5)CC4)CC3)c3c4c(sc3n2)CCC4)n1. The van der Waals surface area contributed by atoms with Crippen LogP contribution in [0.4, 0.5) is 0 Å². The van der Waals surface area contributed by atoms with Gasteiger partial charge < -0.3 is 19.1 Å². The maximum atomic E-state index is 12.2. The molecule has 3 aromatic rings. The number of morpholine rings is 1. The number of aromatic nitrogens is 4. The molecule has 7 rings (SSSR count). The zero-order valence-electron chi connectivity index (χ0n) is 25.5. The van der Waals surface area contributed by atoms with Crippen LogP contribution < -0.4 is 4.74 Å². The Labute approximate surface area is 257 Å². The summed E-state index contributed by atoms with van der Waals surface area (Å²) >= 11 is 1.77. The molecule has 0 aromatic carbocycles. The molecule has 3 fully saturated rings. The number of esters is 1. The number of carbonyl (C=O) groups excluding carboxylic acids is 1. The highest BCUT2D eigenvalue weighted by Gasteiger charge is 2.33. The molecule has 0 radical (unpaired) electrons. The minimum atomic E-state index is -0.309. The first-order valence-electron chi connectivity index (χ1n) is 16.3. The van der Waals surface area contributed by atoms with E-state index in [1.165, 1.54) is 55.6 Å². The number of carbonyl (C=O) groups is 1. The second kappa shape index (κ2) is 12.8. The van der Waals surface area contributed by atoms with E-state index in [0.717, 1.165) is 68.2 Å². The van der Waals surface area contributed by atoms with Gasteiger partial charge in [0, 0.05) is 36.2 Å². The number of ether oxygens (including phenoxy) is 3. The third-order valence-electron chi connectivity index (χ3n) is 9.56. The lowest BCUT2D eigenvalue weighted by atomic mass is 9.90. The number of likely N-dealkylation sites (tertiary alicyclic amines) is 1. The Morgan fingerprint density at radius 2 is 1.74 bits per heavy atom. The number of rotatable bonds is 8. The third-order valence-corrected chi connectivity index (χ3v) is 10.7. The second-order valence-corrected chi connectivity index (χ2v) is 13.9. The Morgan fingerprint density at radius 3 is 2.51 bits per heavy atom. The molecule has 2 saturated heterocycles. The third kappa shape index (κ3) is 6.45. The first kappa shape index (κ1) is 29.1. The van der Waals surface area contributed by atoms with E-state index in [1.807, 2.05) is 19.9 Å². The lowest BCUT2D eigenvalue weighted by Gasteiger charge is -2.44. The highest BCUT2D eigenvalue weighted by Crippen LogP contribution is 2.42. The first-order valence-corrected chi connectivity index (χ1v) is 17.1. The maximum Gasteiger partial charge on any atom is 0.328 e. The second-order valence-electron chi connectivity index (χ2n) is 12.8. The zero-order valence-corrected chi connectivity index (χ0v) is 26.3. The molecule has 0 bridgehead atoms. The van der Waals surface area contributed by atoms with Gasteiger partial charge in [0.15, 0.2) is 5.82 Å². The van der Waals surface area contributed by atoms with Crippen molar-refractivity contribution >= 4 is 27.5 Å². The summed E-state index contributed by atoms with van der Waals surface area (Å²) in [7, 11) is 0. The molecule has 0 unspecified atom stereocenters. The molecule has 2 aliphatic carbocycles. The molecule has 4 aliphatic rings. The standard InChI is InChI=1S/C32H44N6O4S/c1-21(2)41-28(39)20-38-15-12-26(35-38)30-33-31(29-25-4-3-5-27(25)43-32(29)34-30)42-24-8-6-22(7-9-24)36-13-10-23(11-14-36)37-16-18-40-19-17-37/h12,15,21-24H,3-11,13-14,16-20H2,1-2H3. The van der Waals surface area contributed by atoms with E-state index in [1.54, 1.807) is 22.2 Å². The molecule has 5 heterocycles. The van der Waals surface area contributed by atoms with Gasteiger partial charge in [0.2, 0.25) is 5.88 Å².